The third kappa shape index (κ3) is 2.84. The van der Waals surface area contributed by atoms with Crippen LogP contribution in [0.3, 0.4) is 0 Å². The summed E-state index contributed by atoms with van der Waals surface area (Å²) in [5.74, 6) is 0.0421. The number of carbonyl (C=O) groups excluding carboxylic acids is 1. The number of hydrogen-bond acceptors (Lipinski definition) is 3. The van der Waals surface area contributed by atoms with Gasteiger partial charge in [-0.15, -0.1) is 0 Å². The summed E-state index contributed by atoms with van der Waals surface area (Å²) in [6.07, 6.45) is 1.10. The third-order valence-corrected chi connectivity index (χ3v) is 3.19. The number of hydrogen-bond donors (Lipinski definition) is 2. The van der Waals surface area contributed by atoms with E-state index >= 15 is 0 Å². The maximum absolute atomic E-state index is 12.1. The second-order valence-corrected chi connectivity index (χ2v) is 4.42. The van der Waals surface area contributed by atoms with Crippen molar-refractivity contribution in [3.63, 3.8) is 0 Å². The number of aliphatic hydroxyl groups is 1. The van der Waals surface area contributed by atoms with Gasteiger partial charge >= 0.3 is 0 Å². The molecule has 0 spiro atoms. The standard InChI is InChI=1S/C13H18N2O2/c14-9-10-1-3-11(4-2-10)13(17)15-7-5-12(16)6-8-15/h1-4,12,16H,5-9,14H2. The van der Waals surface area contributed by atoms with Crippen molar-refractivity contribution >= 4 is 5.91 Å². The van der Waals surface area contributed by atoms with Crippen LogP contribution in [0.2, 0.25) is 0 Å². The molecule has 3 N–H and O–H groups in total. The SMILES string of the molecule is NCc1ccc(C(=O)N2CCC(O)CC2)cc1. The Morgan fingerprint density at radius 1 is 1.29 bits per heavy atom. The zero-order valence-electron chi connectivity index (χ0n) is 9.80. The molecule has 0 bridgehead atoms. The summed E-state index contributed by atoms with van der Waals surface area (Å²) in [7, 11) is 0. The lowest BCUT2D eigenvalue weighted by Crippen LogP contribution is -2.40. The van der Waals surface area contributed by atoms with E-state index in [0.29, 0.717) is 38.0 Å². The largest absolute Gasteiger partial charge is 0.393 e. The number of amides is 1. The predicted molar refractivity (Wildman–Crippen MR) is 65.5 cm³/mol. The average molecular weight is 234 g/mol. The van der Waals surface area contributed by atoms with Crippen LogP contribution >= 0.6 is 0 Å². The van der Waals surface area contributed by atoms with E-state index in [0.717, 1.165) is 5.56 Å². The van der Waals surface area contributed by atoms with Crippen molar-refractivity contribution in [2.24, 2.45) is 5.73 Å². The molecule has 0 radical (unpaired) electrons. The van der Waals surface area contributed by atoms with Gasteiger partial charge in [-0.2, -0.15) is 0 Å². The molecule has 1 aromatic rings. The van der Waals surface area contributed by atoms with Crippen LogP contribution in [0.25, 0.3) is 0 Å². The Balaban J connectivity index is 2.03. The molecule has 1 amide bonds. The number of rotatable bonds is 2. The van der Waals surface area contributed by atoms with Crippen LogP contribution in [0.5, 0.6) is 0 Å². The van der Waals surface area contributed by atoms with E-state index in [-0.39, 0.29) is 12.0 Å². The van der Waals surface area contributed by atoms with Gasteiger partial charge in [0, 0.05) is 25.2 Å². The second-order valence-electron chi connectivity index (χ2n) is 4.42. The Morgan fingerprint density at radius 3 is 2.41 bits per heavy atom. The third-order valence-electron chi connectivity index (χ3n) is 3.19. The Bertz CT molecular complexity index is 381. The number of piperidine rings is 1. The monoisotopic (exact) mass is 234 g/mol. The van der Waals surface area contributed by atoms with Gasteiger partial charge in [0.25, 0.3) is 5.91 Å². The molecule has 0 aliphatic carbocycles. The van der Waals surface area contributed by atoms with E-state index in [2.05, 4.69) is 0 Å². The van der Waals surface area contributed by atoms with Crippen LogP contribution in [-0.2, 0) is 6.54 Å². The fourth-order valence-electron chi connectivity index (χ4n) is 2.03. The van der Waals surface area contributed by atoms with Crippen LogP contribution in [0, 0.1) is 0 Å². The number of nitrogens with zero attached hydrogens (tertiary/aromatic N) is 1. The molecule has 17 heavy (non-hydrogen) atoms. The number of nitrogens with two attached hydrogens (primary N) is 1. The van der Waals surface area contributed by atoms with Crippen LogP contribution in [0.4, 0.5) is 0 Å². The molecule has 1 aliphatic heterocycles. The van der Waals surface area contributed by atoms with Crippen molar-refractivity contribution in [3.8, 4) is 0 Å². The summed E-state index contributed by atoms with van der Waals surface area (Å²) >= 11 is 0. The highest BCUT2D eigenvalue weighted by atomic mass is 16.3. The highest BCUT2D eigenvalue weighted by molar-refractivity contribution is 5.94. The Kier molecular flexibility index (Phi) is 3.76. The fourth-order valence-corrected chi connectivity index (χ4v) is 2.03. The zero-order chi connectivity index (χ0) is 12.3. The van der Waals surface area contributed by atoms with Crippen molar-refractivity contribution in [2.45, 2.75) is 25.5 Å². The summed E-state index contributed by atoms with van der Waals surface area (Å²) in [5.41, 5.74) is 7.23. The quantitative estimate of drug-likeness (QED) is 0.793. The maximum Gasteiger partial charge on any atom is 0.253 e. The topological polar surface area (TPSA) is 66.6 Å². The Morgan fingerprint density at radius 2 is 1.88 bits per heavy atom. The van der Waals surface area contributed by atoms with E-state index in [4.69, 9.17) is 5.73 Å². The second kappa shape index (κ2) is 5.29. The van der Waals surface area contributed by atoms with Gasteiger partial charge < -0.3 is 15.7 Å². The average Bonchev–Trinajstić information content (AvgIpc) is 2.39. The van der Waals surface area contributed by atoms with E-state index in [9.17, 15) is 9.90 Å². The minimum absolute atomic E-state index is 0.0421. The van der Waals surface area contributed by atoms with Gasteiger partial charge in [0.15, 0.2) is 0 Å². The Hall–Kier alpha value is -1.39. The molecule has 1 saturated heterocycles. The maximum atomic E-state index is 12.1. The van der Waals surface area contributed by atoms with Crippen molar-refractivity contribution in [3.05, 3.63) is 35.4 Å². The van der Waals surface area contributed by atoms with E-state index in [1.54, 1.807) is 4.90 Å². The molecule has 4 heteroatoms. The van der Waals surface area contributed by atoms with E-state index < -0.39 is 0 Å². The summed E-state index contributed by atoms with van der Waals surface area (Å²) in [6, 6.07) is 7.39. The molecular weight excluding hydrogens is 216 g/mol. The van der Waals surface area contributed by atoms with Crippen LogP contribution in [-0.4, -0.2) is 35.1 Å². The lowest BCUT2D eigenvalue weighted by atomic mass is 10.1. The molecule has 92 valence electrons. The van der Waals surface area contributed by atoms with Crippen molar-refractivity contribution in [2.75, 3.05) is 13.1 Å². The fraction of sp³-hybridized carbons (Fsp3) is 0.462. The molecule has 1 aromatic carbocycles. The molecule has 0 atom stereocenters. The summed E-state index contributed by atoms with van der Waals surface area (Å²) in [5, 5.41) is 9.40. The minimum Gasteiger partial charge on any atom is -0.393 e. The first-order valence-corrected chi connectivity index (χ1v) is 5.97. The van der Waals surface area contributed by atoms with Gasteiger partial charge in [0.2, 0.25) is 0 Å². The first kappa shape index (κ1) is 12.1. The Labute approximate surface area is 101 Å². The summed E-state index contributed by atoms with van der Waals surface area (Å²) in [6.45, 7) is 1.77. The number of aliphatic hydroxyl groups excluding tert-OH is 1. The highest BCUT2D eigenvalue weighted by Crippen LogP contribution is 2.14. The normalized spacial score (nSPS) is 17.2. The van der Waals surface area contributed by atoms with Crippen molar-refractivity contribution in [1.82, 2.24) is 4.90 Å². The number of likely N-dealkylation sites (tertiary alicyclic amines) is 1. The summed E-state index contributed by atoms with van der Waals surface area (Å²) in [4.78, 5) is 13.9. The zero-order valence-corrected chi connectivity index (χ0v) is 9.80. The predicted octanol–water partition coefficient (Wildman–Crippen LogP) is 0.742. The lowest BCUT2D eigenvalue weighted by Gasteiger charge is -2.29. The first-order valence-electron chi connectivity index (χ1n) is 5.97. The first-order chi connectivity index (χ1) is 8.20. The van der Waals surface area contributed by atoms with Crippen LogP contribution in [0.15, 0.2) is 24.3 Å². The van der Waals surface area contributed by atoms with Gasteiger partial charge in [0.05, 0.1) is 6.10 Å². The van der Waals surface area contributed by atoms with E-state index in [1.807, 2.05) is 24.3 Å². The molecule has 2 rings (SSSR count). The number of benzene rings is 1. The van der Waals surface area contributed by atoms with Gasteiger partial charge in [0.1, 0.15) is 0 Å². The molecule has 4 nitrogen and oxygen atoms in total. The highest BCUT2D eigenvalue weighted by Gasteiger charge is 2.21. The van der Waals surface area contributed by atoms with Gasteiger partial charge in [-0.25, -0.2) is 0 Å². The van der Waals surface area contributed by atoms with Gasteiger partial charge in [-0.05, 0) is 30.5 Å². The van der Waals surface area contributed by atoms with Crippen LogP contribution < -0.4 is 5.73 Å². The van der Waals surface area contributed by atoms with Gasteiger partial charge in [-0.1, -0.05) is 12.1 Å². The van der Waals surface area contributed by atoms with Crippen molar-refractivity contribution < 1.29 is 9.90 Å². The smallest absolute Gasteiger partial charge is 0.253 e. The minimum atomic E-state index is -0.251. The molecule has 0 saturated carbocycles. The van der Waals surface area contributed by atoms with Crippen LogP contribution in [0.1, 0.15) is 28.8 Å². The van der Waals surface area contributed by atoms with Gasteiger partial charge in [-0.3, -0.25) is 4.79 Å². The molecular formula is C13H18N2O2. The molecule has 1 heterocycles. The van der Waals surface area contributed by atoms with E-state index in [1.165, 1.54) is 0 Å². The summed E-state index contributed by atoms with van der Waals surface area (Å²) < 4.78 is 0. The molecule has 0 aromatic heterocycles. The number of carbonyl (C=O) groups is 1. The van der Waals surface area contributed by atoms with Crippen molar-refractivity contribution in [1.29, 1.82) is 0 Å². The molecule has 0 unspecified atom stereocenters. The molecule has 1 aliphatic rings. The lowest BCUT2D eigenvalue weighted by molar-refractivity contribution is 0.0546. The molecule has 1 fully saturated rings.